The van der Waals surface area contributed by atoms with E-state index in [4.69, 9.17) is 14.2 Å². The summed E-state index contributed by atoms with van der Waals surface area (Å²) >= 11 is 0. The minimum absolute atomic E-state index is 0.0371. The normalized spacial score (nSPS) is 12.8. The average molecular weight is 395 g/mol. The zero-order chi connectivity index (χ0) is 20.8. The third-order valence-corrected chi connectivity index (χ3v) is 4.50. The van der Waals surface area contributed by atoms with Gasteiger partial charge in [0.05, 0.1) is 14.2 Å². The molecule has 7 heteroatoms. The van der Waals surface area contributed by atoms with Gasteiger partial charge in [0.2, 0.25) is 5.91 Å². The number of Topliss-reactive ketones (excluding diaryl/α,β-unsaturated/α-hetero) is 1. The SMILES string of the molecule is COc1cccc(/C=C/C(=O)OCC(=O)c2ccc3c(c2)CCC(=O)N3)c1OC. The molecule has 0 radical (unpaired) electrons. The number of anilines is 1. The average Bonchev–Trinajstić information content (AvgIpc) is 2.75. The second kappa shape index (κ2) is 9.05. The van der Waals surface area contributed by atoms with Crippen LogP contribution in [0.4, 0.5) is 5.69 Å². The largest absolute Gasteiger partial charge is 0.493 e. The highest BCUT2D eigenvalue weighted by Gasteiger charge is 2.17. The van der Waals surface area contributed by atoms with Crippen LogP contribution in [-0.4, -0.2) is 38.5 Å². The third kappa shape index (κ3) is 4.82. The van der Waals surface area contributed by atoms with Gasteiger partial charge in [-0.05, 0) is 42.3 Å². The van der Waals surface area contributed by atoms with Gasteiger partial charge in [0.25, 0.3) is 0 Å². The van der Waals surface area contributed by atoms with Crippen LogP contribution in [0.15, 0.2) is 42.5 Å². The lowest BCUT2D eigenvalue weighted by atomic mass is 9.99. The molecule has 0 atom stereocenters. The summed E-state index contributed by atoms with van der Waals surface area (Å²) in [6.45, 7) is -0.371. The van der Waals surface area contributed by atoms with Crippen molar-refractivity contribution in [1.82, 2.24) is 0 Å². The Morgan fingerprint density at radius 1 is 1.10 bits per heavy atom. The number of fused-ring (bicyclic) bond motifs is 1. The highest BCUT2D eigenvalue weighted by atomic mass is 16.5. The summed E-state index contributed by atoms with van der Waals surface area (Å²) in [6, 6.07) is 10.3. The Balaban J connectivity index is 1.60. The number of ketones is 1. The molecule has 0 aliphatic carbocycles. The van der Waals surface area contributed by atoms with Gasteiger partial charge in [0, 0.05) is 29.3 Å². The molecule has 0 unspecified atom stereocenters. The molecule has 0 fully saturated rings. The molecule has 0 bridgehead atoms. The Morgan fingerprint density at radius 3 is 2.69 bits per heavy atom. The smallest absolute Gasteiger partial charge is 0.331 e. The molecule has 0 saturated carbocycles. The fourth-order valence-electron chi connectivity index (χ4n) is 3.03. The first-order valence-electron chi connectivity index (χ1n) is 9.03. The summed E-state index contributed by atoms with van der Waals surface area (Å²) in [4.78, 5) is 35.7. The number of amides is 1. The van der Waals surface area contributed by atoms with Crippen LogP contribution in [0.1, 0.15) is 27.9 Å². The number of ether oxygens (including phenoxy) is 3. The van der Waals surface area contributed by atoms with Crippen LogP contribution in [-0.2, 0) is 20.7 Å². The monoisotopic (exact) mass is 395 g/mol. The molecular formula is C22H21NO6. The third-order valence-electron chi connectivity index (χ3n) is 4.50. The number of aryl methyl sites for hydroxylation is 1. The van der Waals surface area contributed by atoms with Crippen LogP contribution in [0.5, 0.6) is 11.5 Å². The van der Waals surface area contributed by atoms with E-state index in [0.717, 1.165) is 5.56 Å². The Kier molecular flexibility index (Phi) is 6.29. The van der Waals surface area contributed by atoms with Gasteiger partial charge in [0.1, 0.15) is 0 Å². The van der Waals surface area contributed by atoms with Gasteiger partial charge < -0.3 is 19.5 Å². The van der Waals surface area contributed by atoms with Gasteiger partial charge >= 0.3 is 5.97 Å². The lowest BCUT2D eigenvalue weighted by Gasteiger charge is -2.17. The molecular weight excluding hydrogens is 374 g/mol. The Labute approximate surface area is 168 Å². The van der Waals surface area contributed by atoms with Gasteiger partial charge in [-0.3, -0.25) is 9.59 Å². The van der Waals surface area contributed by atoms with E-state index < -0.39 is 5.97 Å². The van der Waals surface area contributed by atoms with Crippen molar-refractivity contribution in [2.75, 3.05) is 26.1 Å². The number of nitrogens with one attached hydrogen (secondary N) is 1. The van der Waals surface area contributed by atoms with Crippen molar-refractivity contribution in [2.24, 2.45) is 0 Å². The van der Waals surface area contributed by atoms with Crippen molar-refractivity contribution in [3.8, 4) is 11.5 Å². The predicted molar refractivity (Wildman–Crippen MR) is 107 cm³/mol. The zero-order valence-electron chi connectivity index (χ0n) is 16.2. The molecule has 150 valence electrons. The summed E-state index contributed by atoms with van der Waals surface area (Å²) < 4.78 is 15.6. The number of para-hydroxylation sites is 1. The van der Waals surface area contributed by atoms with Crippen LogP contribution in [0.2, 0.25) is 0 Å². The van der Waals surface area contributed by atoms with Gasteiger partial charge in [-0.25, -0.2) is 4.79 Å². The van der Waals surface area contributed by atoms with E-state index in [9.17, 15) is 14.4 Å². The van der Waals surface area contributed by atoms with E-state index in [0.29, 0.717) is 41.2 Å². The van der Waals surface area contributed by atoms with E-state index in [2.05, 4.69) is 5.32 Å². The lowest BCUT2D eigenvalue weighted by Crippen LogP contribution is -2.20. The maximum Gasteiger partial charge on any atom is 0.331 e. The number of carbonyl (C=O) groups is 3. The zero-order valence-corrected chi connectivity index (χ0v) is 16.2. The van der Waals surface area contributed by atoms with E-state index in [1.54, 1.807) is 36.4 Å². The number of methoxy groups -OCH3 is 2. The van der Waals surface area contributed by atoms with Gasteiger partial charge in [-0.15, -0.1) is 0 Å². The Morgan fingerprint density at radius 2 is 1.93 bits per heavy atom. The molecule has 2 aromatic carbocycles. The van der Waals surface area contributed by atoms with Gasteiger partial charge in [-0.1, -0.05) is 12.1 Å². The molecule has 0 saturated heterocycles. The molecule has 1 amide bonds. The summed E-state index contributed by atoms with van der Waals surface area (Å²) in [5.74, 6) is 0.0434. The molecule has 1 aliphatic heterocycles. The summed E-state index contributed by atoms with van der Waals surface area (Å²) in [7, 11) is 3.04. The van der Waals surface area contributed by atoms with Crippen molar-refractivity contribution in [3.63, 3.8) is 0 Å². The highest BCUT2D eigenvalue weighted by molar-refractivity contribution is 6.00. The number of benzene rings is 2. The molecule has 7 nitrogen and oxygen atoms in total. The standard InChI is InChI=1S/C22H21NO6/c1-27-19-5-3-4-14(22(19)28-2)8-11-21(26)29-13-18(24)16-6-9-17-15(12-16)7-10-20(25)23-17/h3-6,8-9,11-12H,7,10,13H2,1-2H3,(H,23,25)/b11-8+. The van der Waals surface area contributed by atoms with E-state index in [1.807, 2.05) is 0 Å². The first kappa shape index (κ1) is 20.1. The second-order valence-corrected chi connectivity index (χ2v) is 6.37. The maximum absolute atomic E-state index is 12.3. The minimum Gasteiger partial charge on any atom is -0.493 e. The van der Waals surface area contributed by atoms with Crippen LogP contribution in [0.25, 0.3) is 6.08 Å². The van der Waals surface area contributed by atoms with Crippen molar-refractivity contribution >= 4 is 29.4 Å². The van der Waals surface area contributed by atoms with Crippen molar-refractivity contribution in [1.29, 1.82) is 0 Å². The molecule has 1 heterocycles. The molecule has 29 heavy (non-hydrogen) atoms. The van der Waals surface area contributed by atoms with Crippen LogP contribution in [0.3, 0.4) is 0 Å². The van der Waals surface area contributed by atoms with Gasteiger partial charge in [0.15, 0.2) is 23.9 Å². The number of hydrogen-bond donors (Lipinski definition) is 1. The number of carbonyl (C=O) groups excluding carboxylic acids is 3. The first-order chi connectivity index (χ1) is 14.0. The number of hydrogen-bond acceptors (Lipinski definition) is 6. The molecule has 3 rings (SSSR count). The van der Waals surface area contributed by atoms with E-state index >= 15 is 0 Å². The van der Waals surface area contributed by atoms with Crippen LogP contribution in [0, 0.1) is 0 Å². The quantitative estimate of drug-likeness (QED) is 0.440. The van der Waals surface area contributed by atoms with Crippen LogP contribution < -0.4 is 14.8 Å². The molecule has 1 N–H and O–H groups in total. The topological polar surface area (TPSA) is 90.9 Å². The molecule has 1 aliphatic rings. The highest BCUT2D eigenvalue weighted by Crippen LogP contribution is 2.31. The second-order valence-electron chi connectivity index (χ2n) is 6.37. The summed E-state index contributed by atoms with van der Waals surface area (Å²) in [5.41, 5.74) is 2.69. The predicted octanol–water partition coefficient (Wildman–Crippen LogP) is 3.03. The number of esters is 1. The fraction of sp³-hybridized carbons (Fsp3) is 0.227. The molecule has 0 spiro atoms. The van der Waals surface area contributed by atoms with E-state index in [-0.39, 0.29) is 18.3 Å². The lowest BCUT2D eigenvalue weighted by molar-refractivity contribution is -0.136. The summed E-state index contributed by atoms with van der Waals surface area (Å²) in [5, 5.41) is 2.76. The van der Waals surface area contributed by atoms with Crippen LogP contribution >= 0.6 is 0 Å². The first-order valence-corrected chi connectivity index (χ1v) is 9.03. The summed E-state index contributed by atoms with van der Waals surface area (Å²) in [6.07, 6.45) is 3.73. The maximum atomic E-state index is 12.3. The van der Waals surface area contributed by atoms with Gasteiger partial charge in [-0.2, -0.15) is 0 Å². The minimum atomic E-state index is -0.645. The van der Waals surface area contributed by atoms with Crippen molar-refractivity contribution in [2.45, 2.75) is 12.8 Å². The Hall–Kier alpha value is -3.61. The van der Waals surface area contributed by atoms with Crippen molar-refractivity contribution in [3.05, 3.63) is 59.2 Å². The fourth-order valence-corrected chi connectivity index (χ4v) is 3.03. The Bertz CT molecular complexity index is 979. The number of rotatable bonds is 7. The van der Waals surface area contributed by atoms with Crippen molar-refractivity contribution < 1.29 is 28.6 Å². The molecule has 0 aromatic heterocycles. The van der Waals surface area contributed by atoms with E-state index in [1.165, 1.54) is 26.4 Å². The molecule has 2 aromatic rings.